The summed E-state index contributed by atoms with van der Waals surface area (Å²) in [5, 5.41) is 27.7. The normalized spacial score (nSPS) is 12.0. The van der Waals surface area contributed by atoms with Crippen LogP contribution in [0.3, 0.4) is 0 Å². The van der Waals surface area contributed by atoms with E-state index in [1.807, 2.05) is 102 Å². The van der Waals surface area contributed by atoms with Gasteiger partial charge in [-0.3, -0.25) is 0 Å². The summed E-state index contributed by atoms with van der Waals surface area (Å²) in [6.07, 6.45) is 6.69. The molecule has 0 unspecified atom stereocenters. The maximum atomic E-state index is 12.4. The molecule has 0 saturated heterocycles. The van der Waals surface area contributed by atoms with Crippen LogP contribution in [-0.4, -0.2) is 40.8 Å². The fourth-order valence-corrected chi connectivity index (χ4v) is 9.35. The highest BCUT2D eigenvalue weighted by Gasteiger charge is 2.41. The summed E-state index contributed by atoms with van der Waals surface area (Å²) in [4.78, 5) is 19.9. The molecule has 0 aliphatic heterocycles. The van der Waals surface area contributed by atoms with Crippen LogP contribution in [0.15, 0.2) is 172 Å². The third-order valence-electron chi connectivity index (χ3n) is 11.0. The van der Waals surface area contributed by atoms with E-state index >= 15 is 0 Å². The third-order valence-corrected chi connectivity index (χ3v) is 12.7. The number of aryl methyl sites for hydroxylation is 1. The number of fused-ring (bicyclic) bond motifs is 1. The number of carbonyl (C=O) groups is 1. The van der Waals surface area contributed by atoms with Crippen molar-refractivity contribution in [3.63, 3.8) is 0 Å². The average Bonchev–Trinajstić information content (AvgIpc) is 4.13. The van der Waals surface area contributed by atoms with Crippen molar-refractivity contribution in [1.82, 2.24) is 29.8 Å². The number of carboxylic acid groups (broad SMARTS) is 1. The Kier molecular flexibility index (Phi) is 11.4. The van der Waals surface area contributed by atoms with Gasteiger partial charge in [0, 0.05) is 46.3 Å². The molecule has 0 aliphatic carbocycles. The lowest BCUT2D eigenvalue weighted by Crippen LogP contribution is -2.39. The fourth-order valence-electron chi connectivity index (χ4n) is 8.02. The molecule has 9 aromatic rings. The van der Waals surface area contributed by atoms with Crippen LogP contribution in [0.25, 0.3) is 39.8 Å². The summed E-state index contributed by atoms with van der Waals surface area (Å²) in [6.45, 7) is 2.67. The van der Waals surface area contributed by atoms with Crippen molar-refractivity contribution in [3.8, 4) is 22.7 Å². The number of carboxylic acids is 1. The minimum absolute atomic E-state index is 0.322. The summed E-state index contributed by atoms with van der Waals surface area (Å²) in [6, 6.07) is 48.9. The Balaban J connectivity index is 1.10. The summed E-state index contributed by atoms with van der Waals surface area (Å²) in [7, 11) is 0. The van der Waals surface area contributed by atoms with Gasteiger partial charge in [0.05, 0.1) is 16.4 Å². The number of furan rings is 1. The first kappa shape index (κ1) is 39.8. The van der Waals surface area contributed by atoms with Crippen LogP contribution in [0.4, 0.5) is 0 Å². The number of aliphatic carboxylic acids is 1. The van der Waals surface area contributed by atoms with Crippen molar-refractivity contribution in [2.45, 2.75) is 44.7 Å². The zero-order valence-electron chi connectivity index (χ0n) is 33.4. The number of unbranched alkanes of at least 4 members (excludes halogenated alkanes) is 1. The number of halogens is 1. The molecule has 0 fully saturated rings. The van der Waals surface area contributed by atoms with Gasteiger partial charge in [0.15, 0.2) is 5.54 Å². The van der Waals surface area contributed by atoms with Gasteiger partial charge in [-0.25, -0.2) is 9.78 Å². The number of thiophene rings is 1. The Bertz CT molecular complexity index is 2860. The highest BCUT2D eigenvalue weighted by molar-refractivity contribution is 9.10. The monoisotopic (exact) mass is 884 g/mol. The van der Waals surface area contributed by atoms with Crippen LogP contribution >= 0.6 is 27.3 Å². The van der Waals surface area contributed by atoms with Crippen molar-refractivity contribution >= 4 is 50.3 Å². The molecular weight excluding hydrogens is 845 g/mol. The Morgan fingerprint density at radius 3 is 2.11 bits per heavy atom. The summed E-state index contributed by atoms with van der Waals surface area (Å²) in [5.41, 5.74) is 6.48. The quantitative estimate of drug-likeness (QED) is 0.0806. The molecule has 11 heteroatoms. The Labute approximate surface area is 365 Å². The highest BCUT2D eigenvalue weighted by atomic mass is 79.9. The number of hydrogen-bond donors (Lipinski definition) is 1. The smallest absolute Gasteiger partial charge is 0.332 e. The lowest BCUT2D eigenvalue weighted by Gasteiger charge is -2.34. The second-order valence-corrected chi connectivity index (χ2v) is 16.7. The lowest BCUT2D eigenvalue weighted by atomic mass is 9.77. The molecule has 61 heavy (non-hydrogen) atoms. The van der Waals surface area contributed by atoms with Crippen molar-refractivity contribution in [2.75, 3.05) is 0 Å². The van der Waals surface area contributed by atoms with Crippen LogP contribution in [-0.2, 0) is 29.7 Å². The van der Waals surface area contributed by atoms with E-state index < -0.39 is 11.5 Å². The number of imidazole rings is 1. The van der Waals surface area contributed by atoms with Gasteiger partial charge in [0.1, 0.15) is 17.2 Å². The minimum Gasteiger partial charge on any atom is -0.478 e. The summed E-state index contributed by atoms with van der Waals surface area (Å²) < 4.78 is 9.56. The maximum absolute atomic E-state index is 12.4. The van der Waals surface area contributed by atoms with E-state index in [2.05, 4.69) is 76.0 Å². The maximum Gasteiger partial charge on any atom is 0.332 e. The van der Waals surface area contributed by atoms with Gasteiger partial charge in [-0.05, 0) is 79.5 Å². The van der Waals surface area contributed by atoms with E-state index in [1.54, 1.807) is 28.4 Å². The Morgan fingerprint density at radius 2 is 1.49 bits per heavy atom. The van der Waals surface area contributed by atoms with Crippen LogP contribution < -0.4 is 0 Å². The number of rotatable bonds is 15. The predicted octanol–water partition coefficient (Wildman–Crippen LogP) is 11.7. The Morgan fingerprint density at radius 1 is 0.836 bits per heavy atom. The molecule has 9 nitrogen and oxygen atoms in total. The molecule has 0 saturated carbocycles. The zero-order chi connectivity index (χ0) is 41.8. The molecule has 0 bridgehead atoms. The standard InChI is InChI=1S/C50H41BrN6O3S/c1-2-3-25-45-52-32-39(30-35(49(58)59)31-40-22-15-28-61-40)56(45)33-34-26-27-44-43(29-34)46(51)47(60-44)41-23-13-14-24-42(41)48-53-55-57(54-48)50(36-16-7-4-8-17-36,37-18-9-5-10-19-37)38-20-11-6-12-21-38/h4-24,26-30,32H,2-3,25,31,33H2,1H3,(H,58,59). The van der Waals surface area contributed by atoms with Gasteiger partial charge >= 0.3 is 5.97 Å². The largest absolute Gasteiger partial charge is 0.478 e. The molecule has 9 rings (SSSR count). The van der Waals surface area contributed by atoms with E-state index in [0.717, 1.165) is 78.9 Å². The van der Waals surface area contributed by atoms with E-state index in [1.165, 1.54) is 0 Å². The Hall–Kier alpha value is -6.69. The first-order valence-corrected chi connectivity index (χ1v) is 21.9. The molecule has 1 N–H and O–H groups in total. The number of nitrogens with zero attached hydrogens (tertiary/aromatic N) is 6. The van der Waals surface area contributed by atoms with Gasteiger partial charge < -0.3 is 14.1 Å². The molecule has 0 aliphatic rings. The molecule has 0 amide bonds. The third kappa shape index (κ3) is 7.78. The zero-order valence-corrected chi connectivity index (χ0v) is 35.8. The summed E-state index contributed by atoms with van der Waals surface area (Å²) >= 11 is 5.48. The van der Waals surface area contributed by atoms with Crippen molar-refractivity contribution in [1.29, 1.82) is 0 Å². The number of benzene rings is 5. The first-order chi connectivity index (χ1) is 29.9. The van der Waals surface area contributed by atoms with Gasteiger partial charge in [0.25, 0.3) is 0 Å². The predicted molar refractivity (Wildman–Crippen MR) is 244 cm³/mol. The van der Waals surface area contributed by atoms with Crippen molar-refractivity contribution in [2.24, 2.45) is 0 Å². The number of hydrogen-bond acceptors (Lipinski definition) is 7. The van der Waals surface area contributed by atoms with Gasteiger partial charge in [-0.15, -0.1) is 26.3 Å². The van der Waals surface area contributed by atoms with Gasteiger partial charge in [-0.1, -0.05) is 141 Å². The highest BCUT2D eigenvalue weighted by Crippen LogP contribution is 2.43. The van der Waals surface area contributed by atoms with Crippen molar-refractivity contribution < 1.29 is 14.3 Å². The topological polar surface area (TPSA) is 112 Å². The summed E-state index contributed by atoms with van der Waals surface area (Å²) in [5.74, 6) is 1.09. The van der Waals surface area contributed by atoms with Crippen LogP contribution in [0.5, 0.6) is 0 Å². The number of aromatic nitrogens is 6. The van der Waals surface area contributed by atoms with Gasteiger partial charge in [-0.2, -0.15) is 0 Å². The molecule has 4 aromatic heterocycles. The first-order valence-electron chi connectivity index (χ1n) is 20.2. The van der Waals surface area contributed by atoms with E-state index in [-0.39, 0.29) is 0 Å². The number of tetrazole rings is 1. The van der Waals surface area contributed by atoms with E-state index in [0.29, 0.717) is 35.7 Å². The molecule has 0 atom stereocenters. The molecular formula is C50H41BrN6O3S. The van der Waals surface area contributed by atoms with Crippen LogP contribution in [0.2, 0.25) is 0 Å². The lowest BCUT2D eigenvalue weighted by molar-refractivity contribution is -0.132. The average molecular weight is 886 g/mol. The van der Waals surface area contributed by atoms with E-state index in [4.69, 9.17) is 24.8 Å². The minimum atomic E-state index is -0.937. The second kappa shape index (κ2) is 17.5. The SMILES string of the molecule is CCCCc1ncc(C=C(Cc2cccs2)C(=O)O)n1Cc1ccc2oc(-c3ccccc3-c3nnn(C(c4ccccc4)(c4ccccc4)c4ccccc4)n3)c(Br)c2c1. The van der Waals surface area contributed by atoms with Crippen LogP contribution in [0.1, 0.15) is 58.4 Å². The molecule has 0 radical (unpaired) electrons. The molecule has 0 spiro atoms. The second-order valence-electron chi connectivity index (χ2n) is 14.9. The van der Waals surface area contributed by atoms with Crippen molar-refractivity contribution in [3.05, 3.63) is 206 Å². The van der Waals surface area contributed by atoms with Crippen LogP contribution in [0, 0.1) is 0 Å². The molecule has 302 valence electrons. The van der Waals surface area contributed by atoms with E-state index in [9.17, 15) is 9.90 Å². The molecule has 5 aromatic carbocycles. The fraction of sp³-hybridized carbons (Fsp3) is 0.140. The molecule has 4 heterocycles. The van der Waals surface area contributed by atoms with Gasteiger partial charge in [0.2, 0.25) is 5.82 Å².